The number of amides is 1. The highest BCUT2D eigenvalue weighted by atomic mass is 32.2. The van der Waals surface area contributed by atoms with Gasteiger partial charge in [-0.2, -0.15) is 0 Å². The Morgan fingerprint density at radius 2 is 2.05 bits per heavy atom. The lowest BCUT2D eigenvalue weighted by atomic mass is 10.3. The van der Waals surface area contributed by atoms with Crippen LogP contribution in [0.15, 0.2) is 23.1 Å². The van der Waals surface area contributed by atoms with E-state index in [4.69, 9.17) is 11.5 Å². The molecule has 1 amide bonds. The van der Waals surface area contributed by atoms with Crippen LogP contribution in [-0.2, 0) is 14.8 Å². The average molecular weight is 288 g/mol. The van der Waals surface area contributed by atoms with E-state index in [9.17, 15) is 23.3 Å². The van der Waals surface area contributed by atoms with Crippen molar-refractivity contribution >= 4 is 27.3 Å². The summed E-state index contributed by atoms with van der Waals surface area (Å²) in [7, 11) is -4.10. The van der Waals surface area contributed by atoms with Gasteiger partial charge in [0.1, 0.15) is 0 Å². The first kappa shape index (κ1) is 14.9. The summed E-state index contributed by atoms with van der Waals surface area (Å²) in [6, 6.07) is 3.21. The van der Waals surface area contributed by atoms with Crippen molar-refractivity contribution in [3.05, 3.63) is 28.3 Å². The van der Waals surface area contributed by atoms with Gasteiger partial charge in [-0.3, -0.25) is 14.9 Å². The van der Waals surface area contributed by atoms with Gasteiger partial charge in [0.15, 0.2) is 4.90 Å². The highest BCUT2D eigenvalue weighted by molar-refractivity contribution is 7.89. The summed E-state index contributed by atoms with van der Waals surface area (Å²) in [5, 5.41) is 10.8. The summed E-state index contributed by atoms with van der Waals surface area (Å²) < 4.78 is 25.7. The van der Waals surface area contributed by atoms with Gasteiger partial charge in [0.05, 0.1) is 4.92 Å². The van der Waals surface area contributed by atoms with Crippen molar-refractivity contribution in [3.8, 4) is 0 Å². The second kappa shape index (κ2) is 5.63. The van der Waals surface area contributed by atoms with Crippen LogP contribution in [0.25, 0.3) is 0 Å². The second-order valence-electron chi connectivity index (χ2n) is 3.60. The molecule has 104 valence electrons. The molecule has 0 aliphatic heterocycles. The van der Waals surface area contributed by atoms with Gasteiger partial charge in [-0.15, -0.1) is 0 Å². The molecule has 0 bridgehead atoms. The quantitative estimate of drug-likeness (QED) is 0.357. The summed E-state index contributed by atoms with van der Waals surface area (Å²) in [6.07, 6.45) is -0.206. The number of sulfonamides is 1. The van der Waals surface area contributed by atoms with Gasteiger partial charge in [0.2, 0.25) is 15.9 Å². The number of nitro benzene ring substituents is 1. The minimum Gasteiger partial charge on any atom is -0.399 e. The molecule has 0 aliphatic carbocycles. The Morgan fingerprint density at radius 3 is 2.58 bits per heavy atom. The number of carbonyl (C=O) groups excluding carboxylic acids is 1. The zero-order valence-electron chi connectivity index (χ0n) is 9.70. The second-order valence-corrected chi connectivity index (χ2v) is 5.33. The number of rotatable bonds is 6. The third kappa shape index (κ3) is 3.89. The Hall–Kier alpha value is -2.20. The van der Waals surface area contributed by atoms with E-state index in [0.29, 0.717) is 0 Å². The molecule has 19 heavy (non-hydrogen) atoms. The van der Waals surface area contributed by atoms with E-state index in [1.807, 2.05) is 4.72 Å². The van der Waals surface area contributed by atoms with Gasteiger partial charge in [0.25, 0.3) is 5.69 Å². The van der Waals surface area contributed by atoms with Crippen LogP contribution in [0.1, 0.15) is 6.42 Å². The number of nitrogen functional groups attached to an aromatic ring is 1. The number of carbonyl (C=O) groups is 1. The van der Waals surface area contributed by atoms with Crippen molar-refractivity contribution in [3.63, 3.8) is 0 Å². The van der Waals surface area contributed by atoms with Crippen LogP contribution in [0.2, 0.25) is 0 Å². The summed E-state index contributed by atoms with van der Waals surface area (Å²) in [6.45, 7) is -0.237. The number of benzene rings is 1. The molecule has 1 aromatic rings. The molecule has 0 aromatic heterocycles. The van der Waals surface area contributed by atoms with Crippen molar-refractivity contribution in [1.29, 1.82) is 0 Å². The number of hydrogen-bond acceptors (Lipinski definition) is 6. The minimum atomic E-state index is -4.10. The Bertz CT molecular complexity index is 613. The number of anilines is 1. The van der Waals surface area contributed by atoms with E-state index < -0.39 is 31.4 Å². The maximum atomic E-state index is 11.8. The lowest BCUT2D eigenvalue weighted by molar-refractivity contribution is -0.387. The zero-order valence-corrected chi connectivity index (χ0v) is 10.5. The van der Waals surface area contributed by atoms with E-state index in [1.165, 1.54) is 6.07 Å². The van der Waals surface area contributed by atoms with Crippen LogP contribution in [0.4, 0.5) is 11.4 Å². The van der Waals surface area contributed by atoms with Crippen molar-refractivity contribution in [2.45, 2.75) is 11.3 Å². The zero-order chi connectivity index (χ0) is 14.6. The van der Waals surface area contributed by atoms with Gasteiger partial charge in [-0.1, -0.05) is 0 Å². The predicted molar refractivity (Wildman–Crippen MR) is 66.5 cm³/mol. The molecule has 0 aliphatic rings. The molecule has 1 aromatic carbocycles. The van der Waals surface area contributed by atoms with Crippen molar-refractivity contribution in [2.75, 3.05) is 12.3 Å². The van der Waals surface area contributed by atoms with Crippen molar-refractivity contribution < 1.29 is 18.1 Å². The first-order valence-electron chi connectivity index (χ1n) is 5.06. The van der Waals surface area contributed by atoms with Crippen LogP contribution in [0.3, 0.4) is 0 Å². The highest BCUT2D eigenvalue weighted by Gasteiger charge is 2.25. The smallest absolute Gasteiger partial charge is 0.291 e. The van der Waals surface area contributed by atoms with E-state index in [0.717, 1.165) is 12.1 Å². The summed E-state index contributed by atoms with van der Waals surface area (Å²) in [4.78, 5) is 19.9. The fraction of sp³-hybridized carbons (Fsp3) is 0.222. The predicted octanol–water partition coefficient (Wildman–Crippen LogP) is -0.669. The molecular weight excluding hydrogens is 276 g/mol. The molecule has 10 heteroatoms. The molecule has 0 saturated heterocycles. The monoisotopic (exact) mass is 288 g/mol. The molecule has 0 atom stereocenters. The fourth-order valence-corrected chi connectivity index (χ4v) is 2.47. The molecule has 0 fully saturated rings. The fourth-order valence-electron chi connectivity index (χ4n) is 1.29. The SMILES string of the molecule is NC(=O)CCNS(=O)(=O)c1ccc(N)cc1[N+](=O)[O-]. The number of nitrogens with zero attached hydrogens (tertiary/aromatic N) is 1. The minimum absolute atomic E-state index is 0.0720. The molecule has 5 N–H and O–H groups in total. The molecule has 9 nitrogen and oxygen atoms in total. The number of primary amides is 1. The largest absolute Gasteiger partial charge is 0.399 e. The van der Waals surface area contributed by atoms with Gasteiger partial charge in [-0.05, 0) is 12.1 Å². The normalized spacial score (nSPS) is 11.2. The topological polar surface area (TPSA) is 158 Å². The third-order valence-corrected chi connectivity index (χ3v) is 3.64. The van der Waals surface area contributed by atoms with Crippen LogP contribution >= 0.6 is 0 Å². The standard InChI is InChI=1S/C9H12N4O5S/c10-6-1-2-8(7(5-6)13(15)16)19(17,18)12-4-3-9(11)14/h1-2,5,12H,3-4,10H2,(H2,11,14). The maximum absolute atomic E-state index is 11.8. The lowest BCUT2D eigenvalue weighted by Crippen LogP contribution is -2.28. The van der Waals surface area contributed by atoms with Crippen molar-refractivity contribution in [1.82, 2.24) is 4.72 Å². The summed E-state index contributed by atoms with van der Waals surface area (Å²) >= 11 is 0. The van der Waals surface area contributed by atoms with Crippen LogP contribution in [0, 0.1) is 10.1 Å². The van der Waals surface area contributed by atoms with Gasteiger partial charge in [0, 0.05) is 24.7 Å². The molecule has 1 rings (SSSR count). The molecule has 0 radical (unpaired) electrons. The number of nitrogens with two attached hydrogens (primary N) is 2. The Kier molecular flexibility index (Phi) is 4.40. The van der Waals surface area contributed by atoms with Gasteiger partial charge in [-0.25, -0.2) is 13.1 Å². The van der Waals surface area contributed by atoms with Crippen LogP contribution in [0.5, 0.6) is 0 Å². The van der Waals surface area contributed by atoms with Crippen LogP contribution < -0.4 is 16.2 Å². The highest BCUT2D eigenvalue weighted by Crippen LogP contribution is 2.25. The molecule has 0 saturated carbocycles. The molecule has 0 spiro atoms. The average Bonchev–Trinajstić information content (AvgIpc) is 2.27. The van der Waals surface area contributed by atoms with Gasteiger partial charge >= 0.3 is 0 Å². The maximum Gasteiger partial charge on any atom is 0.291 e. The van der Waals surface area contributed by atoms with Crippen molar-refractivity contribution in [2.24, 2.45) is 5.73 Å². The van der Waals surface area contributed by atoms with Crippen LogP contribution in [-0.4, -0.2) is 25.8 Å². The van der Waals surface area contributed by atoms with E-state index in [1.54, 1.807) is 0 Å². The van der Waals surface area contributed by atoms with E-state index >= 15 is 0 Å². The molecular formula is C9H12N4O5S. The molecule has 0 heterocycles. The number of nitrogens with one attached hydrogen (secondary N) is 1. The van der Waals surface area contributed by atoms with Gasteiger partial charge < -0.3 is 11.5 Å². The first-order valence-corrected chi connectivity index (χ1v) is 6.54. The third-order valence-electron chi connectivity index (χ3n) is 2.13. The molecule has 0 unspecified atom stereocenters. The number of nitro groups is 1. The summed E-state index contributed by atoms with van der Waals surface area (Å²) in [5.74, 6) is -0.686. The Labute approximate surface area is 108 Å². The summed E-state index contributed by atoms with van der Waals surface area (Å²) in [5.41, 5.74) is 9.67. The van der Waals surface area contributed by atoms with E-state index in [-0.39, 0.29) is 18.7 Å². The lowest BCUT2D eigenvalue weighted by Gasteiger charge is -2.06. The Balaban J connectivity index is 3.07. The number of hydrogen-bond donors (Lipinski definition) is 3. The first-order chi connectivity index (χ1) is 8.74. The Morgan fingerprint density at radius 1 is 1.42 bits per heavy atom. The van der Waals surface area contributed by atoms with E-state index in [2.05, 4.69) is 0 Å².